The van der Waals surface area contributed by atoms with Gasteiger partial charge in [0.1, 0.15) is 0 Å². The van der Waals surface area contributed by atoms with Gasteiger partial charge in [-0.1, -0.05) is 6.08 Å². The fourth-order valence-corrected chi connectivity index (χ4v) is 1.83. The van der Waals surface area contributed by atoms with E-state index in [2.05, 4.69) is 6.58 Å². The molecule has 0 spiro atoms. The molecule has 0 heterocycles. The van der Waals surface area contributed by atoms with Crippen molar-refractivity contribution < 1.29 is 13.6 Å². The van der Waals surface area contributed by atoms with E-state index in [1.54, 1.807) is 6.08 Å². The molecule has 0 aliphatic rings. The topological polar surface area (TPSA) is 38.7 Å². The lowest BCUT2D eigenvalue weighted by Gasteiger charge is -2.19. The minimum atomic E-state index is -2.84. The molecule has 0 amide bonds. The fraction of sp³-hybridized carbons (Fsp3) is 0.667. The third-order valence-corrected chi connectivity index (χ3v) is 3.27. The molecule has 0 aromatic heterocycles. The zero-order chi connectivity index (χ0) is 8.04. The van der Waals surface area contributed by atoms with E-state index in [1.807, 2.05) is 6.92 Å². The maximum Gasteiger partial charge on any atom is 0.501 e. The molecule has 0 bridgehead atoms. The van der Waals surface area contributed by atoms with Gasteiger partial charge in [0.25, 0.3) is 0 Å². The summed E-state index contributed by atoms with van der Waals surface area (Å²) in [6.07, 6.45) is 1.60. The number of rotatable bonds is 5. The molecule has 0 rings (SSSR count). The zero-order valence-electron chi connectivity index (χ0n) is 6.46. The van der Waals surface area contributed by atoms with Crippen LogP contribution in [-0.4, -0.2) is 27.3 Å². The normalized spacial score (nSPS) is 16.3. The van der Waals surface area contributed by atoms with Crippen LogP contribution in [0.25, 0.3) is 0 Å². The standard InChI is InChI=1S/C6H14O3Si/c1-4-6-10(7,8-3)9-5-2/h4,7H,1,5-6H2,2-3H3. The third kappa shape index (κ3) is 3.12. The molecule has 1 unspecified atom stereocenters. The van der Waals surface area contributed by atoms with E-state index in [0.29, 0.717) is 12.7 Å². The Balaban J connectivity index is 3.80. The van der Waals surface area contributed by atoms with Crippen LogP contribution in [0.4, 0.5) is 0 Å². The van der Waals surface area contributed by atoms with Crippen LogP contribution in [-0.2, 0) is 8.85 Å². The summed E-state index contributed by atoms with van der Waals surface area (Å²) >= 11 is 0. The van der Waals surface area contributed by atoms with Crippen LogP contribution in [0, 0.1) is 0 Å². The van der Waals surface area contributed by atoms with Gasteiger partial charge in [-0.2, -0.15) is 0 Å². The molecule has 0 aliphatic heterocycles. The molecule has 1 atom stereocenters. The lowest BCUT2D eigenvalue weighted by atomic mass is 10.8. The molecule has 0 radical (unpaired) electrons. The highest BCUT2D eigenvalue weighted by Crippen LogP contribution is 2.07. The highest BCUT2D eigenvalue weighted by atomic mass is 28.4. The lowest BCUT2D eigenvalue weighted by Crippen LogP contribution is -2.40. The molecule has 0 fully saturated rings. The van der Waals surface area contributed by atoms with Gasteiger partial charge in [-0.3, -0.25) is 0 Å². The summed E-state index contributed by atoms with van der Waals surface area (Å²) in [6, 6.07) is 0.414. The van der Waals surface area contributed by atoms with E-state index in [1.165, 1.54) is 7.11 Å². The van der Waals surface area contributed by atoms with Crippen LogP contribution in [0.2, 0.25) is 6.04 Å². The highest BCUT2D eigenvalue weighted by Gasteiger charge is 2.33. The molecular weight excluding hydrogens is 148 g/mol. The Morgan fingerprint density at radius 1 is 1.70 bits per heavy atom. The minimum Gasteiger partial charge on any atom is -0.390 e. The van der Waals surface area contributed by atoms with Crippen molar-refractivity contribution in [3.05, 3.63) is 12.7 Å². The van der Waals surface area contributed by atoms with E-state index < -0.39 is 8.80 Å². The zero-order valence-corrected chi connectivity index (χ0v) is 7.46. The molecule has 0 saturated carbocycles. The molecule has 3 nitrogen and oxygen atoms in total. The van der Waals surface area contributed by atoms with Gasteiger partial charge in [-0.05, 0) is 6.92 Å². The Bertz CT molecular complexity index is 107. The van der Waals surface area contributed by atoms with E-state index in [-0.39, 0.29) is 0 Å². The quantitative estimate of drug-likeness (QED) is 0.480. The largest absolute Gasteiger partial charge is 0.501 e. The lowest BCUT2D eigenvalue weighted by molar-refractivity contribution is 0.131. The van der Waals surface area contributed by atoms with Crippen molar-refractivity contribution in [2.75, 3.05) is 13.7 Å². The molecule has 10 heavy (non-hydrogen) atoms. The maximum absolute atomic E-state index is 9.44. The summed E-state index contributed by atoms with van der Waals surface area (Å²) in [5.41, 5.74) is 0. The van der Waals surface area contributed by atoms with Crippen molar-refractivity contribution >= 4 is 8.80 Å². The van der Waals surface area contributed by atoms with Crippen LogP contribution >= 0.6 is 0 Å². The first-order chi connectivity index (χ1) is 4.68. The van der Waals surface area contributed by atoms with Crippen molar-refractivity contribution in [1.29, 1.82) is 0 Å². The van der Waals surface area contributed by atoms with Crippen LogP contribution in [0.15, 0.2) is 12.7 Å². The summed E-state index contributed by atoms with van der Waals surface area (Å²) in [7, 11) is -1.39. The van der Waals surface area contributed by atoms with Crippen molar-refractivity contribution in [3.8, 4) is 0 Å². The molecular formula is C6H14O3Si. The molecule has 0 aromatic rings. The summed E-state index contributed by atoms with van der Waals surface area (Å²) in [5.74, 6) is 0. The first-order valence-electron chi connectivity index (χ1n) is 3.21. The Labute approximate surface area is 62.6 Å². The van der Waals surface area contributed by atoms with Crippen molar-refractivity contribution in [3.63, 3.8) is 0 Å². The van der Waals surface area contributed by atoms with Crippen LogP contribution in [0.1, 0.15) is 6.92 Å². The Morgan fingerprint density at radius 2 is 2.30 bits per heavy atom. The van der Waals surface area contributed by atoms with E-state index in [0.717, 1.165) is 0 Å². The summed E-state index contributed by atoms with van der Waals surface area (Å²) in [6.45, 7) is 5.79. The smallest absolute Gasteiger partial charge is 0.390 e. The summed E-state index contributed by atoms with van der Waals surface area (Å²) in [4.78, 5) is 9.44. The SMILES string of the molecule is C=CC[Si](O)(OC)OCC. The van der Waals surface area contributed by atoms with Crippen molar-refractivity contribution in [2.24, 2.45) is 0 Å². The molecule has 60 valence electrons. The van der Waals surface area contributed by atoms with Crippen molar-refractivity contribution in [2.45, 2.75) is 13.0 Å². The highest BCUT2D eigenvalue weighted by molar-refractivity contribution is 6.59. The number of allylic oxidation sites excluding steroid dienone is 1. The maximum atomic E-state index is 9.44. The molecule has 0 aliphatic carbocycles. The van der Waals surface area contributed by atoms with Gasteiger partial charge in [0.15, 0.2) is 0 Å². The molecule has 0 aromatic carbocycles. The van der Waals surface area contributed by atoms with Crippen LogP contribution in [0.3, 0.4) is 0 Å². The molecule has 1 N–H and O–H groups in total. The first-order valence-corrected chi connectivity index (χ1v) is 5.18. The van der Waals surface area contributed by atoms with E-state index in [4.69, 9.17) is 8.85 Å². The summed E-state index contributed by atoms with van der Waals surface area (Å²) < 4.78 is 9.84. The Kier molecular flexibility index (Phi) is 4.55. The van der Waals surface area contributed by atoms with Crippen molar-refractivity contribution in [1.82, 2.24) is 0 Å². The second-order valence-corrected chi connectivity index (χ2v) is 4.37. The first kappa shape index (κ1) is 9.84. The van der Waals surface area contributed by atoms with Gasteiger partial charge in [0.2, 0.25) is 0 Å². The predicted molar refractivity (Wildman–Crippen MR) is 41.6 cm³/mol. The van der Waals surface area contributed by atoms with Crippen LogP contribution in [0.5, 0.6) is 0 Å². The van der Waals surface area contributed by atoms with E-state index in [9.17, 15) is 4.80 Å². The average molecular weight is 162 g/mol. The second-order valence-electron chi connectivity index (χ2n) is 1.84. The monoisotopic (exact) mass is 162 g/mol. The second kappa shape index (κ2) is 4.62. The molecule has 0 saturated heterocycles. The van der Waals surface area contributed by atoms with Gasteiger partial charge in [0.05, 0.1) is 0 Å². The fourth-order valence-electron chi connectivity index (χ4n) is 0.609. The molecule has 4 heteroatoms. The average Bonchev–Trinajstić information content (AvgIpc) is 1.89. The van der Waals surface area contributed by atoms with E-state index >= 15 is 0 Å². The predicted octanol–water partition coefficient (Wildman–Crippen LogP) is 0.786. The van der Waals surface area contributed by atoms with Crippen LogP contribution < -0.4 is 0 Å². The number of hydrogen-bond donors (Lipinski definition) is 1. The number of hydrogen-bond acceptors (Lipinski definition) is 3. The van der Waals surface area contributed by atoms with Gasteiger partial charge in [0, 0.05) is 19.8 Å². The third-order valence-electron chi connectivity index (χ3n) is 1.09. The summed E-state index contributed by atoms with van der Waals surface area (Å²) in [5, 5.41) is 0. The van der Waals surface area contributed by atoms with Gasteiger partial charge in [-0.15, -0.1) is 6.58 Å². The van der Waals surface area contributed by atoms with Gasteiger partial charge >= 0.3 is 8.80 Å². The Morgan fingerprint density at radius 3 is 2.60 bits per heavy atom. The van der Waals surface area contributed by atoms with Gasteiger partial charge < -0.3 is 13.6 Å². The minimum absolute atomic E-state index is 0.414. The van der Waals surface area contributed by atoms with Gasteiger partial charge in [-0.25, -0.2) is 0 Å². The Hall–Kier alpha value is -0.163.